The van der Waals surface area contributed by atoms with Gasteiger partial charge in [-0.05, 0) is 24.6 Å². The Morgan fingerprint density at radius 1 is 1.05 bits per heavy atom. The van der Waals surface area contributed by atoms with Crippen LogP contribution in [0.4, 0.5) is 5.82 Å². The van der Waals surface area contributed by atoms with Crippen molar-refractivity contribution in [2.75, 3.05) is 5.32 Å². The van der Waals surface area contributed by atoms with Gasteiger partial charge in [0.1, 0.15) is 12.1 Å². The number of anilines is 1. The first-order chi connectivity index (χ1) is 9.83. The summed E-state index contributed by atoms with van der Waals surface area (Å²) < 4.78 is 5.30. The lowest BCUT2D eigenvalue weighted by atomic mass is 10.1. The first-order valence-corrected chi connectivity index (χ1v) is 6.50. The Balaban J connectivity index is 1.80. The average Bonchev–Trinajstić information content (AvgIpc) is 3.03. The second-order valence-corrected chi connectivity index (χ2v) is 4.54. The summed E-state index contributed by atoms with van der Waals surface area (Å²) in [4.78, 5) is 8.48. The van der Waals surface area contributed by atoms with E-state index in [9.17, 15) is 0 Å². The number of nitrogens with zero attached hydrogens (tertiary/aromatic N) is 2. The van der Waals surface area contributed by atoms with E-state index in [4.69, 9.17) is 4.42 Å². The maximum absolute atomic E-state index is 5.30. The van der Waals surface area contributed by atoms with Crippen LogP contribution in [0.5, 0.6) is 0 Å². The topological polar surface area (TPSA) is 51.0 Å². The predicted molar refractivity (Wildman–Crippen MR) is 78.2 cm³/mol. The van der Waals surface area contributed by atoms with Crippen LogP contribution in [0.25, 0.3) is 11.5 Å². The van der Waals surface area contributed by atoms with Crippen molar-refractivity contribution in [1.82, 2.24) is 9.97 Å². The third-order valence-corrected chi connectivity index (χ3v) is 3.10. The zero-order chi connectivity index (χ0) is 13.8. The minimum Gasteiger partial charge on any atom is -0.445 e. The Labute approximate surface area is 117 Å². The second-order valence-electron chi connectivity index (χ2n) is 4.54. The van der Waals surface area contributed by atoms with E-state index < -0.39 is 0 Å². The molecule has 0 fully saturated rings. The fourth-order valence-corrected chi connectivity index (χ4v) is 2.06. The Bertz CT molecular complexity index is 665. The van der Waals surface area contributed by atoms with Crippen molar-refractivity contribution in [1.29, 1.82) is 0 Å². The first-order valence-electron chi connectivity index (χ1n) is 6.50. The van der Waals surface area contributed by atoms with Crippen molar-refractivity contribution >= 4 is 5.82 Å². The molecular weight excluding hydrogens is 250 g/mol. The summed E-state index contributed by atoms with van der Waals surface area (Å²) in [5, 5.41) is 3.38. The lowest BCUT2D eigenvalue weighted by molar-refractivity contribution is 0.574. The van der Waals surface area contributed by atoms with E-state index >= 15 is 0 Å². The molecule has 0 saturated heterocycles. The van der Waals surface area contributed by atoms with Crippen LogP contribution in [0.15, 0.2) is 65.5 Å². The fourth-order valence-electron chi connectivity index (χ4n) is 2.06. The summed E-state index contributed by atoms with van der Waals surface area (Å²) in [7, 11) is 0. The number of nitrogens with one attached hydrogen (secondary N) is 1. The highest BCUT2D eigenvalue weighted by atomic mass is 16.3. The molecular formula is C16H15N3O. The molecule has 20 heavy (non-hydrogen) atoms. The van der Waals surface area contributed by atoms with Crippen molar-refractivity contribution in [3.05, 3.63) is 66.7 Å². The van der Waals surface area contributed by atoms with Crippen LogP contribution in [0.1, 0.15) is 18.5 Å². The maximum atomic E-state index is 5.30. The summed E-state index contributed by atoms with van der Waals surface area (Å²) in [6, 6.07) is 14.3. The summed E-state index contributed by atoms with van der Waals surface area (Å²) >= 11 is 0. The second kappa shape index (κ2) is 5.57. The van der Waals surface area contributed by atoms with E-state index in [1.807, 2.05) is 30.3 Å². The summed E-state index contributed by atoms with van der Waals surface area (Å²) in [5.74, 6) is 1.40. The SMILES string of the molecule is C[C@H](Nc1cc(-c2ncco2)ccn1)c1ccccc1. The van der Waals surface area contributed by atoms with Crippen molar-refractivity contribution in [2.24, 2.45) is 0 Å². The van der Waals surface area contributed by atoms with Gasteiger partial charge in [0.25, 0.3) is 0 Å². The zero-order valence-corrected chi connectivity index (χ0v) is 11.2. The molecule has 2 aromatic heterocycles. The molecule has 100 valence electrons. The largest absolute Gasteiger partial charge is 0.445 e. The van der Waals surface area contributed by atoms with Gasteiger partial charge in [-0.25, -0.2) is 9.97 Å². The molecule has 3 rings (SSSR count). The van der Waals surface area contributed by atoms with Crippen LogP contribution in [-0.2, 0) is 0 Å². The molecule has 0 radical (unpaired) electrons. The van der Waals surface area contributed by atoms with Crippen molar-refractivity contribution < 1.29 is 4.42 Å². The number of benzene rings is 1. The van der Waals surface area contributed by atoms with Gasteiger partial charge in [0.2, 0.25) is 5.89 Å². The zero-order valence-electron chi connectivity index (χ0n) is 11.2. The van der Waals surface area contributed by atoms with Crippen LogP contribution >= 0.6 is 0 Å². The van der Waals surface area contributed by atoms with Gasteiger partial charge in [0.15, 0.2) is 0 Å². The molecule has 1 atom stereocenters. The molecule has 4 nitrogen and oxygen atoms in total. The van der Waals surface area contributed by atoms with Gasteiger partial charge >= 0.3 is 0 Å². The third kappa shape index (κ3) is 2.69. The van der Waals surface area contributed by atoms with Crippen molar-refractivity contribution in [2.45, 2.75) is 13.0 Å². The summed E-state index contributed by atoms with van der Waals surface area (Å²) in [5.41, 5.74) is 2.13. The molecule has 1 N–H and O–H groups in total. The monoisotopic (exact) mass is 265 g/mol. The van der Waals surface area contributed by atoms with Gasteiger partial charge in [0, 0.05) is 17.8 Å². The van der Waals surface area contributed by atoms with E-state index in [2.05, 4.69) is 34.3 Å². The smallest absolute Gasteiger partial charge is 0.226 e. The number of pyridine rings is 1. The highest BCUT2D eigenvalue weighted by Gasteiger charge is 2.08. The van der Waals surface area contributed by atoms with E-state index in [1.165, 1.54) is 5.56 Å². The number of hydrogen-bond acceptors (Lipinski definition) is 4. The lowest BCUT2D eigenvalue weighted by Crippen LogP contribution is -2.07. The summed E-state index contributed by atoms with van der Waals surface area (Å²) in [6.45, 7) is 2.11. The number of oxazole rings is 1. The Morgan fingerprint density at radius 3 is 2.65 bits per heavy atom. The van der Waals surface area contributed by atoms with Gasteiger partial charge in [0.05, 0.1) is 6.20 Å². The van der Waals surface area contributed by atoms with Crippen LogP contribution in [0.3, 0.4) is 0 Å². The van der Waals surface area contributed by atoms with Gasteiger partial charge in [-0.2, -0.15) is 0 Å². The Hall–Kier alpha value is -2.62. The molecule has 0 aliphatic heterocycles. The van der Waals surface area contributed by atoms with E-state index in [-0.39, 0.29) is 6.04 Å². The van der Waals surface area contributed by atoms with Gasteiger partial charge in [-0.1, -0.05) is 30.3 Å². The molecule has 2 heterocycles. The summed E-state index contributed by atoms with van der Waals surface area (Å²) in [6.07, 6.45) is 4.95. The highest BCUT2D eigenvalue weighted by molar-refractivity contribution is 5.58. The minimum absolute atomic E-state index is 0.184. The normalized spacial score (nSPS) is 12.1. The van der Waals surface area contributed by atoms with Gasteiger partial charge < -0.3 is 9.73 Å². The molecule has 0 aliphatic carbocycles. The minimum atomic E-state index is 0.184. The molecule has 0 aliphatic rings. The molecule has 3 aromatic rings. The molecule has 0 unspecified atom stereocenters. The Morgan fingerprint density at radius 2 is 1.90 bits per heavy atom. The average molecular weight is 265 g/mol. The van der Waals surface area contributed by atoms with Gasteiger partial charge in [-0.3, -0.25) is 0 Å². The molecule has 4 heteroatoms. The highest BCUT2D eigenvalue weighted by Crippen LogP contribution is 2.22. The standard InChI is InChI=1S/C16H15N3O/c1-12(13-5-3-2-4-6-13)19-15-11-14(7-8-17-15)16-18-9-10-20-16/h2-12H,1H3,(H,17,19)/t12-/m0/s1. The number of rotatable bonds is 4. The van der Waals surface area contributed by atoms with E-state index in [0.29, 0.717) is 5.89 Å². The fraction of sp³-hybridized carbons (Fsp3) is 0.125. The maximum Gasteiger partial charge on any atom is 0.226 e. The lowest BCUT2D eigenvalue weighted by Gasteiger charge is -2.15. The molecule has 0 saturated carbocycles. The van der Waals surface area contributed by atoms with Crippen LogP contribution < -0.4 is 5.32 Å². The molecule has 0 bridgehead atoms. The quantitative estimate of drug-likeness (QED) is 0.777. The van der Waals surface area contributed by atoms with Gasteiger partial charge in [-0.15, -0.1) is 0 Å². The Kier molecular flexibility index (Phi) is 3.46. The van der Waals surface area contributed by atoms with Crippen LogP contribution in [-0.4, -0.2) is 9.97 Å². The van der Waals surface area contributed by atoms with Crippen molar-refractivity contribution in [3.63, 3.8) is 0 Å². The first kappa shape index (κ1) is 12.4. The molecule has 1 aromatic carbocycles. The third-order valence-electron chi connectivity index (χ3n) is 3.10. The number of hydrogen-bond donors (Lipinski definition) is 1. The molecule has 0 amide bonds. The van der Waals surface area contributed by atoms with E-state index in [1.54, 1.807) is 18.7 Å². The van der Waals surface area contributed by atoms with Crippen LogP contribution in [0, 0.1) is 0 Å². The number of aromatic nitrogens is 2. The van der Waals surface area contributed by atoms with Crippen LogP contribution in [0.2, 0.25) is 0 Å². The predicted octanol–water partition coefficient (Wildman–Crippen LogP) is 3.91. The molecule has 0 spiro atoms. The van der Waals surface area contributed by atoms with Crippen molar-refractivity contribution in [3.8, 4) is 11.5 Å². The van der Waals surface area contributed by atoms with E-state index in [0.717, 1.165) is 11.4 Å².